The van der Waals surface area contributed by atoms with Crippen molar-refractivity contribution in [3.8, 4) is 61.6 Å². The smallest absolute Gasteiger partial charge is 0.114 e. The van der Waals surface area contributed by atoms with Gasteiger partial charge in [-0.25, -0.2) is 9.97 Å². The average molecular weight is 704 g/mol. The maximum absolute atomic E-state index is 5.45. The van der Waals surface area contributed by atoms with E-state index in [2.05, 4.69) is 206 Å². The van der Waals surface area contributed by atoms with Crippen LogP contribution >= 0.6 is 0 Å². The molecule has 260 valence electrons. The lowest BCUT2D eigenvalue weighted by Crippen LogP contribution is -2.02. The van der Waals surface area contributed by atoms with Gasteiger partial charge in [0.25, 0.3) is 0 Å². The first-order valence-corrected chi connectivity index (χ1v) is 19.0. The lowest BCUT2D eigenvalue weighted by molar-refractivity contribution is 0.908. The van der Waals surface area contributed by atoms with Crippen molar-refractivity contribution in [2.75, 3.05) is 0 Å². The van der Waals surface area contributed by atoms with Crippen LogP contribution in [-0.2, 0) is 6.42 Å². The average Bonchev–Trinajstić information content (AvgIpc) is 3.65. The molecule has 3 nitrogen and oxygen atoms in total. The van der Waals surface area contributed by atoms with E-state index in [1.54, 1.807) is 0 Å². The highest BCUT2D eigenvalue weighted by Crippen LogP contribution is 2.40. The fraction of sp³-hybridized carbons (Fsp3) is 0.0385. The molecule has 0 aliphatic rings. The van der Waals surface area contributed by atoms with Crippen LogP contribution in [0.5, 0.6) is 0 Å². The molecule has 0 atom stereocenters. The Labute approximate surface area is 320 Å². The molecule has 0 radical (unpaired) electrons. The Morgan fingerprint density at radius 1 is 0.400 bits per heavy atom. The minimum atomic E-state index is 0.801. The van der Waals surface area contributed by atoms with Crippen LogP contribution in [0.1, 0.15) is 12.7 Å². The van der Waals surface area contributed by atoms with Crippen molar-refractivity contribution in [3.05, 3.63) is 200 Å². The van der Waals surface area contributed by atoms with Crippen LogP contribution in [0.4, 0.5) is 0 Å². The lowest BCUT2D eigenvalue weighted by Gasteiger charge is -2.17. The van der Waals surface area contributed by atoms with Gasteiger partial charge in [-0.2, -0.15) is 0 Å². The van der Waals surface area contributed by atoms with E-state index in [0.29, 0.717) is 0 Å². The second-order valence-electron chi connectivity index (χ2n) is 14.1. The minimum Gasteiger partial charge on any atom is -0.296 e. The summed E-state index contributed by atoms with van der Waals surface area (Å²) in [7, 11) is 0. The highest BCUT2D eigenvalue weighted by molar-refractivity contribution is 6.14. The highest BCUT2D eigenvalue weighted by Gasteiger charge is 2.18. The number of para-hydroxylation sites is 2. The molecule has 0 saturated carbocycles. The standard InChI is InChI=1S/C52H37N3/c1-2-52-54-48-27-15-16-28-51(48)55(52)41-30-38(47-32-37-21-9-10-23-43(37)45-25-13-14-26-46(45)47)29-40(31-41)50-34-39(33-49(53-50)36-19-7-4-8-20-36)44-24-12-11-22-42(44)35-17-5-3-6-18-35/h3-34H,2H2,1H3. The molecule has 10 aromatic rings. The van der Waals surface area contributed by atoms with E-state index in [-0.39, 0.29) is 0 Å². The molecule has 55 heavy (non-hydrogen) atoms. The van der Waals surface area contributed by atoms with Crippen LogP contribution < -0.4 is 0 Å². The number of hydrogen-bond acceptors (Lipinski definition) is 2. The summed E-state index contributed by atoms with van der Waals surface area (Å²) in [5.74, 6) is 1.02. The predicted molar refractivity (Wildman–Crippen MR) is 230 cm³/mol. The largest absolute Gasteiger partial charge is 0.296 e. The monoisotopic (exact) mass is 703 g/mol. The second kappa shape index (κ2) is 13.7. The van der Waals surface area contributed by atoms with Crippen LogP contribution in [0.25, 0.3) is 94.2 Å². The molecule has 3 heteroatoms. The number of hydrogen-bond donors (Lipinski definition) is 0. The summed E-state index contributed by atoms with van der Waals surface area (Å²) in [5.41, 5.74) is 14.1. The molecule has 0 bridgehead atoms. The first-order valence-electron chi connectivity index (χ1n) is 19.0. The molecule has 0 aliphatic carbocycles. The molecule has 0 N–H and O–H groups in total. The predicted octanol–water partition coefficient (Wildman–Crippen LogP) is 13.6. The van der Waals surface area contributed by atoms with E-state index in [9.17, 15) is 0 Å². The number of aromatic nitrogens is 3. The van der Waals surface area contributed by atoms with Crippen LogP contribution in [0.3, 0.4) is 0 Å². The van der Waals surface area contributed by atoms with Crippen molar-refractivity contribution < 1.29 is 0 Å². The second-order valence-corrected chi connectivity index (χ2v) is 14.1. The molecule has 0 amide bonds. The summed E-state index contributed by atoms with van der Waals surface area (Å²) in [5, 5.41) is 4.94. The molecular weight excluding hydrogens is 667 g/mol. The summed E-state index contributed by atoms with van der Waals surface area (Å²) in [4.78, 5) is 10.5. The van der Waals surface area contributed by atoms with Gasteiger partial charge in [-0.15, -0.1) is 0 Å². The van der Waals surface area contributed by atoms with E-state index < -0.39 is 0 Å². The van der Waals surface area contributed by atoms with Crippen molar-refractivity contribution in [2.24, 2.45) is 0 Å². The topological polar surface area (TPSA) is 30.7 Å². The quantitative estimate of drug-likeness (QED) is 0.155. The molecule has 0 saturated heterocycles. The highest BCUT2D eigenvalue weighted by atomic mass is 15.1. The molecule has 2 aromatic heterocycles. The summed E-state index contributed by atoms with van der Waals surface area (Å²) >= 11 is 0. The third-order valence-corrected chi connectivity index (χ3v) is 10.7. The number of rotatable bonds is 7. The van der Waals surface area contributed by atoms with E-state index in [4.69, 9.17) is 9.97 Å². The molecule has 10 rings (SSSR count). The van der Waals surface area contributed by atoms with Crippen LogP contribution in [0, 0.1) is 0 Å². The number of fused-ring (bicyclic) bond motifs is 4. The minimum absolute atomic E-state index is 0.801. The van der Waals surface area contributed by atoms with Crippen LogP contribution in [0.2, 0.25) is 0 Å². The van der Waals surface area contributed by atoms with Gasteiger partial charge < -0.3 is 0 Å². The fourth-order valence-electron chi connectivity index (χ4n) is 8.13. The number of imidazole rings is 1. The fourth-order valence-corrected chi connectivity index (χ4v) is 8.13. The van der Waals surface area contributed by atoms with Crippen LogP contribution in [0.15, 0.2) is 194 Å². The zero-order valence-electron chi connectivity index (χ0n) is 30.5. The molecule has 0 spiro atoms. The SMILES string of the molecule is CCc1nc2ccccc2n1-c1cc(-c2cc(-c3ccccc3-c3ccccc3)cc(-c3ccccc3)n2)cc(-c2cc3ccccc3c3ccccc23)c1. The molecule has 8 aromatic carbocycles. The zero-order valence-corrected chi connectivity index (χ0v) is 30.5. The van der Waals surface area contributed by atoms with Crippen molar-refractivity contribution in [2.45, 2.75) is 13.3 Å². The molecule has 2 heterocycles. The Bertz CT molecular complexity index is 3010. The van der Waals surface area contributed by atoms with Crippen molar-refractivity contribution in [3.63, 3.8) is 0 Å². The summed E-state index contributed by atoms with van der Waals surface area (Å²) in [6, 6.07) is 69.6. The first-order chi connectivity index (χ1) is 27.2. The van der Waals surface area contributed by atoms with Gasteiger partial charge in [0, 0.05) is 23.2 Å². The normalized spacial score (nSPS) is 11.4. The van der Waals surface area contributed by atoms with Gasteiger partial charge in [0.05, 0.1) is 22.4 Å². The van der Waals surface area contributed by atoms with Gasteiger partial charge in [0.2, 0.25) is 0 Å². The number of pyridine rings is 1. The van der Waals surface area contributed by atoms with Gasteiger partial charge in [-0.05, 0) is 103 Å². The molecule has 0 aliphatic heterocycles. The van der Waals surface area contributed by atoms with Gasteiger partial charge >= 0.3 is 0 Å². The zero-order chi connectivity index (χ0) is 36.7. The molecule has 0 unspecified atom stereocenters. The van der Waals surface area contributed by atoms with Crippen molar-refractivity contribution in [1.82, 2.24) is 14.5 Å². The van der Waals surface area contributed by atoms with E-state index >= 15 is 0 Å². The van der Waals surface area contributed by atoms with Gasteiger partial charge in [0.1, 0.15) is 5.82 Å². The first kappa shape index (κ1) is 32.5. The van der Waals surface area contributed by atoms with E-state index in [1.165, 1.54) is 43.8 Å². The lowest BCUT2D eigenvalue weighted by atomic mass is 9.90. The Morgan fingerprint density at radius 2 is 0.964 bits per heavy atom. The Balaban J connectivity index is 1.27. The third kappa shape index (κ3) is 5.87. The van der Waals surface area contributed by atoms with Crippen molar-refractivity contribution in [1.29, 1.82) is 0 Å². The van der Waals surface area contributed by atoms with Gasteiger partial charge in [0.15, 0.2) is 0 Å². The van der Waals surface area contributed by atoms with Gasteiger partial charge in [-0.3, -0.25) is 4.57 Å². The maximum atomic E-state index is 5.45. The van der Waals surface area contributed by atoms with E-state index in [0.717, 1.165) is 62.6 Å². The number of aryl methyl sites for hydroxylation is 1. The Hall–Kier alpha value is -7.10. The summed E-state index contributed by atoms with van der Waals surface area (Å²) in [6.45, 7) is 2.18. The van der Waals surface area contributed by atoms with Crippen LogP contribution in [-0.4, -0.2) is 14.5 Å². The maximum Gasteiger partial charge on any atom is 0.114 e. The third-order valence-electron chi connectivity index (χ3n) is 10.7. The van der Waals surface area contributed by atoms with E-state index in [1.807, 2.05) is 0 Å². The summed E-state index contributed by atoms with van der Waals surface area (Å²) < 4.78 is 2.33. The molecule has 0 fully saturated rings. The Morgan fingerprint density at radius 3 is 1.73 bits per heavy atom. The summed E-state index contributed by atoms with van der Waals surface area (Å²) in [6.07, 6.45) is 0.801. The van der Waals surface area contributed by atoms with Gasteiger partial charge in [-0.1, -0.05) is 153 Å². The Kier molecular flexibility index (Phi) is 8.11. The number of nitrogens with zero attached hydrogens (tertiary/aromatic N) is 3. The number of benzene rings is 8. The van der Waals surface area contributed by atoms with Crippen molar-refractivity contribution >= 4 is 32.6 Å². The molecular formula is C52H37N3.